The van der Waals surface area contributed by atoms with E-state index in [1.807, 2.05) is 41.4 Å². The second-order valence-electron chi connectivity index (χ2n) is 6.23. The molecule has 0 aliphatic carbocycles. The van der Waals surface area contributed by atoms with Crippen molar-refractivity contribution in [1.29, 1.82) is 0 Å². The van der Waals surface area contributed by atoms with E-state index in [0.717, 1.165) is 29.1 Å². The quantitative estimate of drug-likeness (QED) is 0.653. The summed E-state index contributed by atoms with van der Waals surface area (Å²) in [6, 6.07) is 8.55. The number of ether oxygens (including phenoxy) is 1. The van der Waals surface area contributed by atoms with Crippen molar-refractivity contribution in [2.75, 3.05) is 6.54 Å². The normalized spacial score (nSPS) is 12.6. The fourth-order valence-electron chi connectivity index (χ4n) is 2.87. The fourth-order valence-corrected chi connectivity index (χ4v) is 3.58. The van der Waals surface area contributed by atoms with Gasteiger partial charge in [-0.1, -0.05) is 0 Å². The molecule has 0 bridgehead atoms. The molecule has 5 nitrogen and oxygen atoms in total. The first-order valence-electron chi connectivity index (χ1n) is 8.42. The second kappa shape index (κ2) is 8.05. The van der Waals surface area contributed by atoms with Crippen LogP contribution in [0.5, 0.6) is 5.75 Å². The smallest absolute Gasteiger partial charge is 0.406 e. The number of benzene rings is 1. The summed E-state index contributed by atoms with van der Waals surface area (Å²) >= 11 is 1.55. The van der Waals surface area contributed by atoms with Gasteiger partial charge in [-0.05, 0) is 66.6 Å². The van der Waals surface area contributed by atoms with Gasteiger partial charge in [-0.15, -0.1) is 13.2 Å². The predicted molar refractivity (Wildman–Crippen MR) is 99.6 cm³/mol. The lowest BCUT2D eigenvalue weighted by atomic mass is 10.1. The zero-order chi connectivity index (χ0) is 20.3. The highest BCUT2D eigenvalue weighted by Crippen LogP contribution is 2.24. The van der Waals surface area contributed by atoms with Crippen LogP contribution in [0.1, 0.15) is 33.4 Å². The van der Waals surface area contributed by atoms with E-state index in [4.69, 9.17) is 0 Å². The van der Waals surface area contributed by atoms with E-state index >= 15 is 0 Å². The van der Waals surface area contributed by atoms with Crippen LogP contribution in [0, 0.1) is 13.8 Å². The molecule has 0 spiro atoms. The SMILES string of the molecule is Cc1cc(C)n([C@H](CNC(=O)c2ccc(OC(F)(F)F)cc2)c2ccsc2)n1. The van der Waals surface area contributed by atoms with Gasteiger partial charge in [-0.25, -0.2) is 0 Å². The van der Waals surface area contributed by atoms with Gasteiger partial charge >= 0.3 is 6.36 Å². The van der Waals surface area contributed by atoms with Crippen molar-refractivity contribution in [3.05, 3.63) is 69.7 Å². The molecule has 3 rings (SSSR count). The van der Waals surface area contributed by atoms with Crippen LogP contribution in [0.25, 0.3) is 0 Å². The third-order valence-electron chi connectivity index (χ3n) is 4.07. The zero-order valence-corrected chi connectivity index (χ0v) is 16.0. The van der Waals surface area contributed by atoms with Gasteiger partial charge in [0.2, 0.25) is 0 Å². The molecule has 9 heteroatoms. The Morgan fingerprint density at radius 3 is 2.50 bits per heavy atom. The number of aromatic nitrogens is 2. The van der Waals surface area contributed by atoms with Gasteiger partial charge in [0, 0.05) is 17.8 Å². The molecule has 0 saturated heterocycles. The van der Waals surface area contributed by atoms with E-state index in [1.165, 1.54) is 12.1 Å². The molecule has 0 aliphatic heterocycles. The summed E-state index contributed by atoms with van der Waals surface area (Å²) in [7, 11) is 0. The summed E-state index contributed by atoms with van der Waals surface area (Å²) in [6.07, 6.45) is -4.77. The number of carbonyl (C=O) groups excluding carboxylic acids is 1. The van der Waals surface area contributed by atoms with Crippen molar-refractivity contribution >= 4 is 17.2 Å². The number of aryl methyl sites for hydroxylation is 2. The number of nitrogens with zero attached hydrogens (tertiary/aromatic N) is 2. The third kappa shape index (κ3) is 4.92. The Balaban J connectivity index is 1.71. The lowest BCUT2D eigenvalue weighted by Crippen LogP contribution is -2.32. The molecule has 0 fully saturated rings. The average molecular weight is 409 g/mol. The van der Waals surface area contributed by atoms with Crippen LogP contribution in [0.4, 0.5) is 13.2 Å². The highest BCUT2D eigenvalue weighted by atomic mass is 32.1. The van der Waals surface area contributed by atoms with E-state index in [2.05, 4.69) is 15.2 Å². The number of alkyl halides is 3. The summed E-state index contributed by atoms with van der Waals surface area (Å²) in [6.45, 7) is 4.14. The molecule has 1 aromatic carbocycles. The molecular formula is C19H18F3N3O2S. The number of hydrogen-bond acceptors (Lipinski definition) is 4. The topological polar surface area (TPSA) is 56.2 Å². The van der Waals surface area contributed by atoms with Crippen LogP contribution < -0.4 is 10.1 Å². The summed E-state index contributed by atoms with van der Waals surface area (Å²) in [5.41, 5.74) is 3.11. The van der Waals surface area contributed by atoms with E-state index in [0.29, 0.717) is 6.54 Å². The number of nitrogens with one attached hydrogen (secondary N) is 1. The fraction of sp³-hybridized carbons (Fsp3) is 0.263. The summed E-state index contributed by atoms with van der Waals surface area (Å²) in [5.74, 6) is -0.761. The first-order chi connectivity index (χ1) is 13.2. The largest absolute Gasteiger partial charge is 0.573 e. The van der Waals surface area contributed by atoms with E-state index in [-0.39, 0.29) is 23.3 Å². The Labute approximate surface area is 163 Å². The number of amides is 1. The zero-order valence-electron chi connectivity index (χ0n) is 15.2. The van der Waals surface area contributed by atoms with E-state index < -0.39 is 6.36 Å². The van der Waals surface area contributed by atoms with Crippen LogP contribution in [0.2, 0.25) is 0 Å². The molecule has 0 radical (unpaired) electrons. The van der Waals surface area contributed by atoms with Crippen LogP contribution in [0.3, 0.4) is 0 Å². The number of thiophene rings is 1. The van der Waals surface area contributed by atoms with Gasteiger partial charge in [-0.2, -0.15) is 16.4 Å². The Hall–Kier alpha value is -2.81. The Kier molecular flexibility index (Phi) is 5.73. The summed E-state index contributed by atoms with van der Waals surface area (Å²) in [5, 5.41) is 11.3. The lowest BCUT2D eigenvalue weighted by molar-refractivity contribution is -0.274. The van der Waals surface area contributed by atoms with Crippen LogP contribution >= 0.6 is 11.3 Å². The van der Waals surface area contributed by atoms with Crippen molar-refractivity contribution in [2.24, 2.45) is 0 Å². The molecule has 148 valence electrons. The van der Waals surface area contributed by atoms with E-state index in [9.17, 15) is 18.0 Å². The van der Waals surface area contributed by atoms with Crippen LogP contribution in [-0.2, 0) is 0 Å². The number of carbonyl (C=O) groups is 1. The monoisotopic (exact) mass is 409 g/mol. The predicted octanol–water partition coefficient (Wildman–Crippen LogP) is 4.48. The Bertz CT molecular complexity index is 934. The first kappa shape index (κ1) is 19.9. The van der Waals surface area contributed by atoms with Crippen LogP contribution in [0.15, 0.2) is 47.2 Å². The molecular weight excluding hydrogens is 391 g/mol. The second-order valence-corrected chi connectivity index (χ2v) is 7.01. The first-order valence-corrected chi connectivity index (χ1v) is 9.36. The maximum Gasteiger partial charge on any atom is 0.573 e. The van der Waals surface area contributed by atoms with Crippen molar-refractivity contribution in [3.8, 4) is 5.75 Å². The minimum Gasteiger partial charge on any atom is -0.406 e. The van der Waals surface area contributed by atoms with Crippen molar-refractivity contribution in [1.82, 2.24) is 15.1 Å². The van der Waals surface area contributed by atoms with Crippen molar-refractivity contribution in [3.63, 3.8) is 0 Å². The highest BCUT2D eigenvalue weighted by Gasteiger charge is 2.31. The molecule has 28 heavy (non-hydrogen) atoms. The molecule has 3 aromatic rings. The van der Waals surface area contributed by atoms with Gasteiger partial charge < -0.3 is 10.1 Å². The third-order valence-corrected chi connectivity index (χ3v) is 4.78. The van der Waals surface area contributed by atoms with E-state index in [1.54, 1.807) is 11.3 Å². The molecule has 2 aromatic heterocycles. The number of hydrogen-bond donors (Lipinski definition) is 1. The van der Waals surface area contributed by atoms with Crippen molar-refractivity contribution in [2.45, 2.75) is 26.3 Å². The molecule has 0 aliphatic rings. The standard InChI is InChI=1S/C19H18F3N3O2S/c1-12-9-13(2)25(24-12)17(15-7-8-28-11-15)10-23-18(26)14-3-5-16(6-4-14)27-19(20,21)22/h3-9,11,17H,10H2,1-2H3,(H,23,26)/t17-/m1/s1. The Morgan fingerprint density at radius 1 is 1.25 bits per heavy atom. The average Bonchev–Trinajstić information content (AvgIpc) is 3.24. The maximum absolute atomic E-state index is 12.4. The van der Waals surface area contributed by atoms with Gasteiger partial charge in [0.25, 0.3) is 5.91 Å². The molecule has 1 N–H and O–H groups in total. The summed E-state index contributed by atoms with van der Waals surface area (Å²) in [4.78, 5) is 12.4. The van der Waals surface area contributed by atoms with Crippen molar-refractivity contribution < 1.29 is 22.7 Å². The Morgan fingerprint density at radius 2 is 1.96 bits per heavy atom. The highest BCUT2D eigenvalue weighted by molar-refractivity contribution is 7.08. The minimum atomic E-state index is -4.77. The van der Waals surface area contributed by atoms with Gasteiger partial charge in [-0.3, -0.25) is 9.48 Å². The number of rotatable bonds is 6. The van der Waals surface area contributed by atoms with Gasteiger partial charge in [0.05, 0.1) is 11.7 Å². The summed E-state index contributed by atoms with van der Waals surface area (Å²) < 4.78 is 42.4. The molecule has 2 heterocycles. The number of halogens is 3. The molecule has 1 atom stereocenters. The van der Waals surface area contributed by atoms with Gasteiger partial charge in [0.1, 0.15) is 5.75 Å². The molecule has 1 amide bonds. The molecule has 0 saturated carbocycles. The minimum absolute atomic E-state index is 0.184. The van der Waals surface area contributed by atoms with Crippen LogP contribution in [-0.4, -0.2) is 28.6 Å². The van der Waals surface area contributed by atoms with Gasteiger partial charge in [0.15, 0.2) is 0 Å². The maximum atomic E-state index is 12.4. The molecule has 0 unspecified atom stereocenters. The lowest BCUT2D eigenvalue weighted by Gasteiger charge is -2.19.